The number of thiazole rings is 1. The number of hydrogen-bond donors (Lipinski definition) is 0. The number of rotatable bonds is 5. The van der Waals surface area contributed by atoms with Gasteiger partial charge in [0.15, 0.2) is 4.80 Å². The molecule has 0 spiro atoms. The van der Waals surface area contributed by atoms with Crippen molar-refractivity contribution in [2.45, 2.75) is 13.5 Å². The molecule has 0 N–H and O–H groups in total. The first-order valence-corrected chi connectivity index (χ1v) is 9.19. The highest BCUT2D eigenvalue weighted by Crippen LogP contribution is 2.25. The molecule has 0 radical (unpaired) electrons. The minimum atomic E-state index is -0.537. The first-order valence-electron chi connectivity index (χ1n) is 7.56. The van der Waals surface area contributed by atoms with Crippen LogP contribution in [0.15, 0.2) is 35.3 Å². The number of carbonyl (C=O) groups is 1. The molecule has 0 atom stereocenters. The van der Waals surface area contributed by atoms with Crippen LogP contribution in [-0.4, -0.2) is 22.0 Å². The Morgan fingerprint density at radius 3 is 2.85 bits per heavy atom. The fourth-order valence-electron chi connectivity index (χ4n) is 2.32. The van der Waals surface area contributed by atoms with Gasteiger partial charge in [-0.25, -0.2) is 0 Å². The molecule has 2 heterocycles. The topological polar surface area (TPSA) is 86.7 Å². The Kier molecular flexibility index (Phi) is 5.16. The molecule has 3 aromatic rings. The van der Waals surface area contributed by atoms with Crippen LogP contribution in [0.2, 0.25) is 0 Å². The number of amides is 1. The van der Waals surface area contributed by atoms with E-state index in [4.69, 9.17) is 11.2 Å². The van der Waals surface area contributed by atoms with Crippen LogP contribution >= 0.6 is 22.7 Å². The molecular weight excluding hydrogens is 374 g/mol. The summed E-state index contributed by atoms with van der Waals surface area (Å²) in [7, 11) is 0. The van der Waals surface area contributed by atoms with Gasteiger partial charge in [-0.05, 0) is 31.2 Å². The fraction of sp³-hybridized carbons (Fsp3) is 0.176. The molecule has 1 aromatic carbocycles. The monoisotopic (exact) mass is 387 g/mol. The van der Waals surface area contributed by atoms with Crippen LogP contribution in [0.5, 0.6) is 5.75 Å². The van der Waals surface area contributed by atoms with Crippen molar-refractivity contribution in [2.75, 3.05) is 6.61 Å². The van der Waals surface area contributed by atoms with Gasteiger partial charge in [0.25, 0.3) is 5.91 Å². The Labute approximate surface area is 156 Å². The van der Waals surface area contributed by atoms with Gasteiger partial charge in [-0.15, -0.1) is 6.42 Å². The minimum Gasteiger partial charge on any atom is -0.494 e. The van der Waals surface area contributed by atoms with Crippen LogP contribution in [0.3, 0.4) is 0 Å². The van der Waals surface area contributed by atoms with Gasteiger partial charge >= 0.3 is 5.00 Å². The van der Waals surface area contributed by atoms with Crippen molar-refractivity contribution in [2.24, 2.45) is 4.99 Å². The van der Waals surface area contributed by atoms with E-state index in [0.29, 0.717) is 11.4 Å². The van der Waals surface area contributed by atoms with E-state index in [0.717, 1.165) is 27.3 Å². The Bertz CT molecular complexity index is 1100. The second kappa shape index (κ2) is 7.51. The van der Waals surface area contributed by atoms with Crippen molar-refractivity contribution in [3.63, 3.8) is 0 Å². The number of benzene rings is 1. The Morgan fingerprint density at radius 2 is 2.19 bits per heavy atom. The summed E-state index contributed by atoms with van der Waals surface area (Å²) in [5, 5.41) is 10.7. The smallest absolute Gasteiger partial charge is 0.324 e. The molecule has 0 aliphatic carbocycles. The molecule has 132 valence electrons. The lowest BCUT2D eigenvalue weighted by Gasteiger charge is -2.03. The first kappa shape index (κ1) is 17.8. The fourth-order valence-corrected chi connectivity index (χ4v) is 4.08. The van der Waals surface area contributed by atoms with Gasteiger partial charge in [0, 0.05) is 6.07 Å². The Hall–Kier alpha value is -2.96. The molecule has 1 amide bonds. The number of nitro groups is 1. The lowest BCUT2D eigenvalue weighted by molar-refractivity contribution is -0.380. The summed E-state index contributed by atoms with van der Waals surface area (Å²) >= 11 is 2.11. The summed E-state index contributed by atoms with van der Waals surface area (Å²) in [5.74, 6) is 2.74. The van der Waals surface area contributed by atoms with E-state index in [1.54, 1.807) is 4.57 Å². The van der Waals surface area contributed by atoms with Crippen LogP contribution in [0.25, 0.3) is 10.2 Å². The molecule has 0 saturated heterocycles. The van der Waals surface area contributed by atoms with Crippen LogP contribution in [-0.2, 0) is 6.54 Å². The molecule has 0 aliphatic rings. The Balaban J connectivity index is 2.08. The van der Waals surface area contributed by atoms with E-state index in [-0.39, 0.29) is 16.4 Å². The second-order valence-electron chi connectivity index (χ2n) is 5.05. The molecule has 0 aliphatic heterocycles. The summed E-state index contributed by atoms with van der Waals surface area (Å²) in [6, 6.07) is 8.27. The number of fused-ring (bicyclic) bond motifs is 1. The first-order chi connectivity index (χ1) is 12.5. The normalized spacial score (nSPS) is 11.5. The average molecular weight is 387 g/mol. The van der Waals surface area contributed by atoms with E-state index >= 15 is 0 Å². The van der Waals surface area contributed by atoms with Crippen molar-refractivity contribution in [1.29, 1.82) is 0 Å². The van der Waals surface area contributed by atoms with E-state index in [9.17, 15) is 14.9 Å². The summed E-state index contributed by atoms with van der Waals surface area (Å²) in [6.07, 6.45) is 5.45. The third kappa shape index (κ3) is 3.51. The minimum absolute atomic E-state index is 0.0993. The summed E-state index contributed by atoms with van der Waals surface area (Å²) in [4.78, 5) is 27.4. The summed E-state index contributed by atoms with van der Waals surface area (Å²) in [5.41, 5.74) is 0.847. The third-order valence-electron chi connectivity index (χ3n) is 3.39. The summed E-state index contributed by atoms with van der Waals surface area (Å²) < 4.78 is 8.14. The molecule has 0 unspecified atom stereocenters. The number of ether oxygens (including phenoxy) is 1. The van der Waals surface area contributed by atoms with Gasteiger partial charge in [0.2, 0.25) is 0 Å². The van der Waals surface area contributed by atoms with Gasteiger partial charge in [-0.1, -0.05) is 28.6 Å². The maximum atomic E-state index is 12.4. The van der Waals surface area contributed by atoms with Crippen molar-refractivity contribution in [1.82, 2.24) is 4.57 Å². The molecule has 26 heavy (non-hydrogen) atoms. The van der Waals surface area contributed by atoms with Crippen molar-refractivity contribution in [3.05, 3.63) is 50.1 Å². The van der Waals surface area contributed by atoms with Gasteiger partial charge < -0.3 is 9.30 Å². The zero-order chi connectivity index (χ0) is 18.7. The van der Waals surface area contributed by atoms with Crippen molar-refractivity contribution in [3.8, 4) is 18.1 Å². The van der Waals surface area contributed by atoms with Crippen LogP contribution in [0, 0.1) is 22.5 Å². The van der Waals surface area contributed by atoms with Gasteiger partial charge in [0.1, 0.15) is 10.6 Å². The zero-order valence-electron chi connectivity index (χ0n) is 13.7. The highest BCUT2D eigenvalue weighted by atomic mass is 32.1. The molecule has 7 nitrogen and oxygen atoms in total. The van der Waals surface area contributed by atoms with Gasteiger partial charge in [0.05, 0.1) is 28.3 Å². The quantitative estimate of drug-likeness (QED) is 0.381. The highest BCUT2D eigenvalue weighted by Gasteiger charge is 2.15. The number of aromatic nitrogens is 1. The number of nitrogens with zero attached hydrogens (tertiary/aromatic N) is 3. The predicted molar refractivity (Wildman–Crippen MR) is 101 cm³/mol. The molecule has 3 rings (SSSR count). The van der Waals surface area contributed by atoms with Crippen LogP contribution < -0.4 is 9.54 Å². The van der Waals surface area contributed by atoms with Crippen molar-refractivity contribution >= 4 is 43.8 Å². The lowest BCUT2D eigenvalue weighted by Crippen LogP contribution is -2.16. The number of thiophene rings is 1. The lowest BCUT2D eigenvalue weighted by atomic mass is 10.3. The second-order valence-corrected chi connectivity index (χ2v) is 7.12. The molecule has 2 aromatic heterocycles. The van der Waals surface area contributed by atoms with E-state index in [1.807, 2.05) is 25.1 Å². The largest absolute Gasteiger partial charge is 0.494 e. The Morgan fingerprint density at radius 1 is 1.38 bits per heavy atom. The van der Waals surface area contributed by atoms with E-state index in [2.05, 4.69) is 10.9 Å². The molecular formula is C17H13N3O4S2. The molecule has 9 heteroatoms. The molecule has 0 saturated carbocycles. The summed E-state index contributed by atoms with van der Waals surface area (Å²) in [6.45, 7) is 2.70. The number of carbonyl (C=O) groups excluding carboxylic acids is 1. The van der Waals surface area contributed by atoms with Gasteiger partial charge in [-0.2, -0.15) is 4.99 Å². The van der Waals surface area contributed by atoms with Crippen LogP contribution in [0.4, 0.5) is 5.00 Å². The maximum absolute atomic E-state index is 12.4. The SMILES string of the molecule is C#CCn1c(=NC(=O)c2ccc([N+](=O)[O-])s2)sc2cc(OCC)ccc21. The molecule has 0 bridgehead atoms. The number of hydrogen-bond acceptors (Lipinski definition) is 6. The highest BCUT2D eigenvalue weighted by molar-refractivity contribution is 7.17. The zero-order valence-corrected chi connectivity index (χ0v) is 15.3. The standard InChI is InChI=1S/C17H13N3O4S2/c1-3-9-19-12-6-5-11(24-4-2)10-14(12)26-17(19)18-16(21)13-7-8-15(25-13)20(22)23/h1,5-8,10H,4,9H2,2H3. The maximum Gasteiger partial charge on any atom is 0.324 e. The molecule has 0 fully saturated rings. The average Bonchev–Trinajstić information content (AvgIpc) is 3.21. The van der Waals surface area contributed by atoms with Gasteiger partial charge in [-0.3, -0.25) is 14.9 Å². The van der Waals surface area contributed by atoms with E-state index in [1.165, 1.54) is 23.5 Å². The van der Waals surface area contributed by atoms with E-state index < -0.39 is 10.8 Å². The third-order valence-corrected chi connectivity index (χ3v) is 5.46. The number of terminal acetylenes is 1. The van der Waals surface area contributed by atoms with Crippen LogP contribution in [0.1, 0.15) is 16.6 Å². The van der Waals surface area contributed by atoms with Crippen molar-refractivity contribution < 1.29 is 14.5 Å². The predicted octanol–water partition coefficient (Wildman–Crippen LogP) is 3.45.